The first kappa shape index (κ1) is 30.9. The maximum Gasteiger partial charge on any atom is 0.143 e. The van der Waals surface area contributed by atoms with Crippen molar-refractivity contribution in [2.24, 2.45) is 0 Å². The summed E-state index contributed by atoms with van der Waals surface area (Å²) in [5, 5.41) is 4.66. The number of anilines is 1. The van der Waals surface area contributed by atoms with Gasteiger partial charge in [0.25, 0.3) is 0 Å². The lowest BCUT2D eigenvalue weighted by Gasteiger charge is -2.34. The maximum atomic E-state index is 6.80. The summed E-state index contributed by atoms with van der Waals surface area (Å²) >= 11 is 0. The van der Waals surface area contributed by atoms with E-state index in [-0.39, 0.29) is 5.41 Å². The minimum absolute atomic E-state index is 0.150. The fourth-order valence-corrected chi connectivity index (χ4v) is 8.09. The molecular formula is C49H39NO. The molecule has 0 aliphatic heterocycles. The third-order valence-electron chi connectivity index (χ3n) is 10.7. The van der Waals surface area contributed by atoms with Gasteiger partial charge in [-0.25, -0.2) is 0 Å². The molecule has 2 heteroatoms. The number of hydrogen-bond acceptors (Lipinski definition) is 2. The van der Waals surface area contributed by atoms with Crippen molar-refractivity contribution in [3.05, 3.63) is 198 Å². The molecule has 0 bridgehead atoms. The number of benzene rings is 6. The molecule has 1 aromatic heterocycles. The molecule has 0 saturated carbocycles. The fraction of sp³-hybridized carbons (Fsp3) is 0.102. The molecule has 246 valence electrons. The maximum absolute atomic E-state index is 6.80. The van der Waals surface area contributed by atoms with Gasteiger partial charge in [-0.2, -0.15) is 0 Å². The zero-order chi connectivity index (χ0) is 34.5. The number of furan rings is 1. The molecule has 6 aromatic carbocycles. The van der Waals surface area contributed by atoms with Crippen LogP contribution in [0.3, 0.4) is 0 Å². The van der Waals surface area contributed by atoms with E-state index in [1.54, 1.807) is 0 Å². The van der Waals surface area contributed by atoms with Gasteiger partial charge in [0.1, 0.15) is 11.2 Å². The number of hydrogen-bond donors (Lipinski definition) is 0. The first-order valence-electron chi connectivity index (χ1n) is 17.9. The zero-order valence-corrected chi connectivity index (χ0v) is 29.1. The monoisotopic (exact) mass is 657 g/mol. The molecule has 1 heterocycles. The van der Waals surface area contributed by atoms with Crippen LogP contribution in [-0.2, 0) is 5.41 Å². The second kappa shape index (κ2) is 12.3. The largest absolute Gasteiger partial charge is 0.455 e. The Labute approximate surface area is 299 Å². The molecule has 0 saturated heterocycles. The molecule has 0 N–H and O–H groups in total. The molecule has 0 amide bonds. The average molecular weight is 658 g/mol. The quantitative estimate of drug-likeness (QED) is 0.159. The van der Waals surface area contributed by atoms with Gasteiger partial charge in [0, 0.05) is 44.3 Å². The van der Waals surface area contributed by atoms with E-state index in [4.69, 9.17) is 4.42 Å². The second-order valence-electron chi connectivity index (χ2n) is 14.1. The lowest BCUT2D eigenvalue weighted by molar-refractivity contribution is 0.653. The second-order valence-corrected chi connectivity index (χ2v) is 14.1. The first-order chi connectivity index (χ1) is 25.0. The van der Waals surface area contributed by atoms with Crippen LogP contribution in [0.25, 0.3) is 55.5 Å². The van der Waals surface area contributed by atoms with E-state index in [0.29, 0.717) is 0 Å². The summed E-state index contributed by atoms with van der Waals surface area (Å²) in [5.74, 6) is 0. The van der Waals surface area contributed by atoms with E-state index < -0.39 is 0 Å². The van der Waals surface area contributed by atoms with Gasteiger partial charge < -0.3 is 9.32 Å². The Bertz CT molecular complexity index is 2620. The number of fused-ring (bicyclic) bond motifs is 5. The van der Waals surface area contributed by atoms with E-state index >= 15 is 0 Å². The first-order valence-corrected chi connectivity index (χ1v) is 17.9. The summed E-state index contributed by atoms with van der Waals surface area (Å²) in [5.41, 5.74) is 13.5. The molecule has 0 radical (unpaired) electrons. The lowest BCUT2D eigenvalue weighted by Crippen LogP contribution is -2.25. The molecule has 2 nitrogen and oxygen atoms in total. The van der Waals surface area contributed by atoms with E-state index in [0.717, 1.165) is 57.3 Å². The van der Waals surface area contributed by atoms with Crippen molar-refractivity contribution in [2.45, 2.75) is 32.1 Å². The van der Waals surface area contributed by atoms with E-state index in [1.807, 2.05) is 6.08 Å². The summed E-state index contributed by atoms with van der Waals surface area (Å²) < 4.78 is 6.80. The highest BCUT2D eigenvalue weighted by Gasteiger charge is 2.33. The molecular weight excluding hydrogens is 619 g/mol. The average Bonchev–Trinajstić information content (AvgIpc) is 3.67. The molecule has 9 rings (SSSR count). The summed E-state index contributed by atoms with van der Waals surface area (Å²) in [7, 11) is 0. The predicted molar refractivity (Wildman–Crippen MR) is 217 cm³/mol. The Balaban J connectivity index is 1.30. The summed E-state index contributed by atoms with van der Waals surface area (Å²) in [6.45, 7) is 9.10. The number of para-hydroxylation sites is 2. The Morgan fingerprint density at radius 1 is 0.745 bits per heavy atom. The molecule has 51 heavy (non-hydrogen) atoms. The highest BCUT2D eigenvalue weighted by atomic mass is 16.3. The van der Waals surface area contributed by atoms with E-state index in [2.05, 4.69) is 183 Å². The fourth-order valence-electron chi connectivity index (χ4n) is 8.09. The van der Waals surface area contributed by atoms with E-state index in [1.165, 1.54) is 44.3 Å². The third-order valence-corrected chi connectivity index (χ3v) is 10.7. The van der Waals surface area contributed by atoms with Crippen molar-refractivity contribution in [3.8, 4) is 11.1 Å². The van der Waals surface area contributed by atoms with Gasteiger partial charge in [0.05, 0.1) is 5.69 Å². The highest BCUT2D eigenvalue weighted by Crippen LogP contribution is 2.46. The SMILES string of the molecule is C=C/C(=C\C1=Cc2ccccc2C1(C)C)N(C1=C(c2cccc3c2oc2cc4ccccc4cc23)C=CCC1)c1ccccc1-c1ccccc1. The minimum atomic E-state index is -0.150. The van der Waals surface area contributed by atoms with E-state index in [9.17, 15) is 0 Å². The summed E-state index contributed by atoms with van der Waals surface area (Å²) in [4.78, 5) is 2.46. The number of allylic oxidation sites excluding steroid dienone is 7. The van der Waals surface area contributed by atoms with Crippen molar-refractivity contribution < 1.29 is 4.42 Å². The van der Waals surface area contributed by atoms with Crippen LogP contribution in [0.5, 0.6) is 0 Å². The van der Waals surface area contributed by atoms with Crippen LogP contribution >= 0.6 is 0 Å². The van der Waals surface area contributed by atoms with Crippen molar-refractivity contribution >= 4 is 50.0 Å². The van der Waals surface area contributed by atoms with Crippen molar-refractivity contribution in [1.29, 1.82) is 0 Å². The van der Waals surface area contributed by atoms with Gasteiger partial charge in [0.15, 0.2) is 0 Å². The Morgan fingerprint density at radius 2 is 1.47 bits per heavy atom. The van der Waals surface area contributed by atoms with Crippen LogP contribution in [0.2, 0.25) is 0 Å². The van der Waals surface area contributed by atoms with Crippen LogP contribution in [0.1, 0.15) is 43.4 Å². The number of nitrogens with zero attached hydrogens (tertiary/aromatic N) is 1. The van der Waals surface area contributed by atoms with Crippen LogP contribution < -0.4 is 4.90 Å². The van der Waals surface area contributed by atoms with Crippen molar-refractivity contribution in [2.75, 3.05) is 4.90 Å². The summed E-state index contributed by atoms with van der Waals surface area (Å²) in [6.07, 6.45) is 13.1. The van der Waals surface area contributed by atoms with Gasteiger partial charge in [0.2, 0.25) is 0 Å². The van der Waals surface area contributed by atoms with Gasteiger partial charge in [-0.15, -0.1) is 0 Å². The molecule has 0 unspecified atom stereocenters. The Kier molecular flexibility index (Phi) is 7.47. The molecule has 7 aromatic rings. The Morgan fingerprint density at radius 3 is 2.29 bits per heavy atom. The van der Waals surface area contributed by atoms with Crippen LogP contribution in [0, 0.1) is 0 Å². The topological polar surface area (TPSA) is 16.4 Å². The minimum Gasteiger partial charge on any atom is -0.455 e. The zero-order valence-electron chi connectivity index (χ0n) is 29.1. The van der Waals surface area contributed by atoms with Crippen molar-refractivity contribution in [3.63, 3.8) is 0 Å². The van der Waals surface area contributed by atoms with Gasteiger partial charge in [-0.1, -0.05) is 154 Å². The predicted octanol–water partition coefficient (Wildman–Crippen LogP) is 13.4. The molecule has 0 fully saturated rings. The molecule has 2 aliphatic rings. The smallest absolute Gasteiger partial charge is 0.143 e. The van der Waals surface area contributed by atoms with Crippen molar-refractivity contribution in [1.82, 2.24) is 0 Å². The Hall–Kier alpha value is -6.12. The standard InChI is InChI=1S/C49H39NO/c1-4-38(32-37-29-36-21-10-13-26-44(36)49(37,2)3)50(45-27-14-11-22-39(45)33-17-6-5-7-18-33)46-28-15-12-23-40(46)41-24-16-25-42-43-30-34-19-8-9-20-35(34)31-47(43)51-48(41)42/h4-14,16-27,29-32H,1,15,28H2,2-3H3/b38-32+. The van der Waals surface area contributed by atoms with Gasteiger partial charge in [-0.3, -0.25) is 0 Å². The number of rotatable bonds is 7. The highest BCUT2D eigenvalue weighted by molar-refractivity contribution is 6.13. The van der Waals surface area contributed by atoms with Gasteiger partial charge >= 0.3 is 0 Å². The molecule has 0 atom stereocenters. The summed E-state index contributed by atoms with van der Waals surface area (Å²) in [6, 6.07) is 47.7. The normalized spacial score (nSPS) is 15.4. The van der Waals surface area contributed by atoms with Crippen LogP contribution in [0.4, 0.5) is 5.69 Å². The molecule has 0 spiro atoms. The van der Waals surface area contributed by atoms with Crippen LogP contribution in [0.15, 0.2) is 186 Å². The lowest BCUT2D eigenvalue weighted by atomic mass is 9.81. The molecule has 2 aliphatic carbocycles. The van der Waals surface area contributed by atoms with Gasteiger partial charge in [-0.05, 0) is 76.2 Å². The van der Waals surface area contributed by atoms with Crippen LogP contribution in [-0.4, -0.2) is 0 Å². The third kappa shape index (κ3) is 5.18.